The molecule has 4 aromatic carbocycles. The highest BCUT2D eigenvalue weighted by atomic mass is 35.5. The predicted molar refractivity (Wildman–Crippen MR) is 183 cm³/mol. The Labute approximate surface area is 287 Å². The van der Waals surface area contributed by atoms with Crippen molar-refractivity contribution in [3.63, 3.8) is 0 Å². The first-order valence-electron chi connectivity index (χ1n) is 14.9. The highest BCUT2D eigenvalue weighted by Crippen LogP contribution is 2.30. The van der Waals surface area contributed by atoms with Gasteiger partial charge in [0.2, 0.25) is 15.9 Å². The van der Waals surface area contributed by atoms with E-state index in [0.717, 1.165) is 9.99 Å². The van der Waals surface area contributed by atoms with Gasteiger partial charge >= 0.3 is 6.03 Å². The molecule has 0 bridgehead atoms. The molecule has 5 rings (SSSR count). The molecule has 1 fully saturated rings. The summed E-state index contributed by atoms with van der Waals surface area (Å²) >= 11 is 12.4. The van der Waals surface area contributed by atoms with Crippen molar-refractivity contribution in [1.29, 1.82) is 0 Å². The second-order valence-electron chi connectivity index (χ2n) is 10.9. The van der Waals surface area contributed by atoms with Gasteiger partial charge in [0.05, 0.1) is 15.7 Å². The molecule has 0 aromatic heterocycles. The minimum Gasteiger partial charge on any atom is -0.368 e. The van der Waals surface area contributed by atoms with Crippen LogP contribution in [0.3, 0.4) is 0 Å². The standard InChI is InChI=1S/C33H31Cl2FN6O5S/c34-27-4-3-5-28(35)32(27)38-33(44)41-20-18-40(19-21-41)26-14-12-25(13-15-26)37-31(43)16-17-42(22-23-8-10-24(36)11-9-23)48(46,47)30-7-2-1-6-29(30)39-45/h1-15H,16-22H2,(H,37,43)(H,38,44)/p+1. The maximum atomic E-state index is 13.6. The van der Waals surface area contributed by atoms with E-state index in [1.165, 1.54) is 48.5 Å². The van der Waals surface area contributed by atoms with E-state index < -0.39 is 21.7 Å². The number of urea groups is 1. The Bertz CT molecular complexity index is 1870. The summed E-state index contributed by atoms with van der Waals surface area (Å²) in [7, 11) is -4.22. The van der Waals surface area contributed by atoms with Gasteiger partial charge in [0, 0.05) is 73.2 Å². The number of para-hydroxylation sites is 2. The molecule has 48 heavy (non-hydrogen) atoms. The maximum Gasteiger partial charge on any atom is 0.322 e. The van der Waals surface area contributed by atoms with Crippen molar-refractivity contribution in [2.24, 2.45) is 0 Å². The van der Waals surface area contributed by atoms with Crippen LogP contribution in [-0.4, -0.2) is 62.3 Å². The first-order chi connectivity index (χ1) is 23.0. The lowest BCUT2D eigenvalue weighted by Gasteiger charge is -2.36. The average Bonchev–Trinajstić information content (AvgIpc) is 3.09. The maximum absolute atomic E-state index is 13.6. The Morgan fingerprint density at radius 3 is 2.12 bits per heavy atom. The molecule has 1 saturated heterocycles. The number of anilines is 3. The predicted octanol–water partition coefficient (Wildman–Crippen LogP) is 5.18. The third-order valence-electron chi connectivity index (χ3n) is 7.75. The first-order valence-corrected chi connectivity index (χ1v) is 17.1. The number of carbonyl (C=O) groups excluding carboxylic acids is 2. The van der Waals surface area contributed by atoms with Crippen LogP contribution in [0.1, 0.15) is 12.0 Å². The van der Waals surface area contributed by atoms with Gasteiger partial charge in [0.15, 0.2) is 4.90 Å². The summed E-state index contributed by atoms with van der Waals surface area (Å²) in [4.78, 5) is 40.8. The normalized spacial score (nSPS) is 13.3. The van der Waals surface area contributed by atoms with Crippen molar-refractivity contribution in [3.8, 4) is 0 Å². The number of nitrogens with one attached hydrogen (secondary N) is 3. The van der Waals surface area contributed by atoms with Gasteiger partial charge in [-0.05, 0) is 60.2 Å². The molecule has 3 N–H and O–H groups in total. The van der Waals surface area contributed by atoms with Crippen molar-refractivity contribution in [1.82, 2.24) is 9.21 Å². The third-order valence-corrected chi connectivity index (χ3v) is 10.3. The van der Waals surface area contributed by atoms with E-state index >= 15 is 0 Å². The lowest BCUT2D eigenvalue weighted by molar-refractivity contribution is -0.382. The summed E-state index contributed by atoms with van der Waals surface area (Å²) in [5.74, 6) is -0.889. The number of hydrogen-bond acceptors (Lipinski definition) is 6. The molecule has 0 aliphatic carbocycles. The number of hydrogen-bond donors (Lipinski definition) is 3. The van der Waals surface area contributed by atoms with Crippen molar-refractivity contribution >= 4 is 67.9 Å². The Hall–Kier alpha value is -4.56. The monoisotopic (exact) mass is 713 g/mol. The average molecular weight is 715 g/mol. The molecular formula is C33H32Cl2FN6O5S+. The zero-order valence-electron chi connectivity index (χ0n) is 25.5. The van der Waals surface area contributed by atoms with E-state index in [4.69, 9.17) is 23.2 Å². The van der Waals surface area contributed by atoms with Gasteiger partial charge in [-0.15, -0.1) is 0 Å². The lowest BCUT2D eigenvalue weighted by atomic mass is 10.2. The largest absolute Gasteiger partial charge is 0.368 e. The van der Waals surface area contributed by atoms with Crippen LogP contribution in [0.4, 0.5) is 31.9 Å². The molecule has 0 atom stereocenters. The summed E-state index contributed by atoms with van der Waals surface area (Å²) in [6, 6.07) is 23.0. The molecule has 4 aromatic rings. The minimum absolute atomic E-state index is 0.127. The summed E-state index contributed by atoms with van der Waals surface area (Å²) in [6.45, 7) is 1.77. The summed E-state index contributed by atoms with van der Waals surface area (Å²) in [5, 5.41) is 7.94. The van der Waals surface area contributed by atoms with E-state index in [1.807, 2.05) is 12.1 Å². The van der Waals surface area contributed by atoms with Gasteiger partial charge in [-0.1, -0.05) is 53.5 Å². The number of rotatable bonds is 11. The molecule has 250 valence electrons. The fraction of sp³-hybridized carbons (Fsp3) is 0.212. The molecule has 0 radical (unpaired) electrons. The van der Waals surface area contributed by atoms with Crippen LogP contribution in [0.25, 0.3) is 0 Å². The second kappa shape index (κ2) is 15.6. The van der Waals surface area contributed by atoms with Gasteiger partial charge in [-0.2, -0.15) is 4.31 Å². The second-order valence-corrected chi connectivity index (χ2v) is 13.6. The fourth-order valence-corrected chi connectivity index (χ4v) is 7.23. The lowest BCUT2D eigenvalue weighted by Crippen LogP contribution is -2.57. The highest BCUT2D eigenvalue weighted by molar-refractivity contribution is 7.89. The Balaban J connectivity index is 1.17. The number of amides is 3. The van der Waals surface area contributed by atoms with E-state index in [0.29, 0.717) is 53.2 Å². The number of piperazine rings is 1. The summed E-state index contributed by atoms with van der Waals surface area (Å²) < 4.78 is 41.8. The van der Waals surface area contributed by atoms with Crippen LogP contribution < -0.4 is 20.7 Å². The van der Waals surface area contributed by atoms with Crippen LogP contribution in [0.5, 0.6) is 0 Å². The Kier molecular flexibility index (Phi) is 11.3. The number of carbonyl (C=O) groups is 2. The molecule has 0 saturated carbocycles. The van der Waals surface area contributed by atoms with Crippen LogP contribution in [0, 0.1) is 10.7 Å². The van der Waals surface area contributed by atoms with Crippen LogP contribution >= 0.6 is 23.2 Å². The molecule has 15 heteroatoms. The van der Waals surface area contributed by atoms with Gasteiger partial charge in [0.25, 0.3) is 5.69 Å². The number of benzene rings is 4. The van der Waals surface area contributed by atoms with E-state index in [2.05, 4.69) is 15.5 Å². The quantitative estimate of drug-likeness (QED) is 0.196. The Morgan fingerprint density at radius 1 is 0.833 bits per heavy atom. The molecule has 1 heterocycles. The SMILES string of the molecule is O=[NH+]c1ccccc1S(=O)(=O)N(CCC(=O)Nc1ccc(N2CCN(C(=O)Nc3c(Cl)cccc3Cl)CC2)cc1)Cc1ccc(F)cc1. The minimum atomic E-state index is -4.22. The third kappa shape index (κ3) is 8.47. The van der Waals surface area contributed by atoms with Crippen molar-refractivity contribution < 1.29 is 27.6 Å². The first kappa shape index (κ1) is 34.8. The number of nitroso groups, excluding NO2 is 1. The molecule has 3 amide bonds. The topological polar surface area (TPSA) is 133 Å². The van der Waals surface area contributed by atoms with Crippen molar-refractivity contribution in [3.05, 3.63) is 117 Å². The van der Waals surface area contributed by atoms with Gasteiger partial charge in [-0.25, -0.2) is 17.6 Å². The van der Waals surface area contributed by atoms with E-state index in [9.17, 15) is 27.3 Å². The molecule has 0 unspecified atom stereocenters. The number of sulfonamides is 1. The van der Waals surface area contributed by atoms with E-state index in [1.54, 1.807) is 40.4 Å². The number of halogens is 3. The van der Waals surface area contributed by atoms with Gasteiger partial charge in [0.1, 0.15) is 5.82 Å². The molecule has 1 aliphatic heterocycles. The summed E-state index contributed by atoms with van der Waals surface area (Å²) in [5.41, 5.74) is 2.18. The van der Waals surface area contributed by atoms with Crippen LogP contribution in [-0.2, 0) is 21.4 Å². The summed E-state index contributed by atoms with van der Waals surface area (Å²) in [6.07, 6.45) is -0.182. The van der Waals surface area contributed by atoms with E-state index in [-0.39, 0.29) is 36.1 Å². The van der Waals surface area contributed by atoms with Crippen LogP contribution in [0.2, 0.25) is 10.0 Å². The molecule has 1 aliphatic rings. The van der Waals surface area contributed by atoms with Gasteiger partial charge < -0.3 is 20.4 Å². The van der Waals surface area contributed by atoms with Crippen LogP contribution in [0.15, 0.2) is 95.9 Å². The highest BCUT2D eigenvalue weighted by Gasteiger charge is 2.30. The van der Waals surface area contributed by atoms with Crippen molar-refractivity contribution in [2.75, 3.05) is 48.3 Å². The smallest absolute Gasteiger partial charge is 0.322 e. The van der Waals surface area contributed by atoms with Gasteiger partial charge in [-0.3, -0.25) is 4.79 Å². The molecule has 0 spiro atoms. The zero-order chi connectivity index (χ0) is 34.3. The Morgan fingerprint density at radius 2 is 1.48 bits per heavy atom. The van der Waals surface area contributed by atoms with Crippen molar-refractivity contribution in [2.45, 2.75) is 17.9 Å². The number of nitrogens with zero attached hydrogens (tertiary/aromatic N) is 3. The molecule has 11 nitrogen and oxygen atoms in total. The zero-order valence-corrected chi connectivity index (χ0v) is 27.9. The molecular weight excluding hydrogens is 682 g/mol. The fourth-order valence-electron chi connectivity index (χ4n) is 5.17.